The molecule has 1 aliphatic rings. The zero-order chi connectivity index (χ0) is 14.5. The van der Waals surface area contributed by atoms with E-state index >= 15 is 0 Å². The third kappa shape index (κ3) is 4.54. The van der Waals surface area contributed by atoms with Crippen molar-refractivity contribution in [2.24, 2.45) is 0 Å². The normalized spacial score (nSPS) is 15.7. The van der Waals surface area contributed by atoms with Crippen LogP contribution in [0.5, 0.6) is 5.75 Å². The smallest absolute Gasteiger partial charge is 0.387 e. The molecule has 0 atom stereocenters. The van der Waals surface area contributed by atoms with Gasteiger partial charge >= 0.3 is 6.61 Å². The first kappa shape index (κ1) is 17.7. The van der Waals surface area contributed by atoms with E-state index in [4.69, 9.17) is 0 Å². The summed E-state index contributed by atoms with van der Waals surface area (Å²) >= 11 is 0. The molecule has 0 unspecified atom stereocenters. The first-order valence-corrected chi connectivity index (χ1v) is 6.62. The maximum Gasteiger partial charge on any atom is 0.387 e. The average Bonchev–Trinajstić information content (AvgIpc) is 2.46. The molecular weight excluding hydrogens is 302 g/mol. The van der Waals surface area contributed by atoms with Gasteiger partial charge in [-0.25, -0.2) is 0 Å². The van der Waals surface area contributed by atoms with E-state index in [0.717, 1.165) is 12.8 Å². The number of nitrogens with one attached hydrogen (secondary N) is 1. The van der Waals surface area contributed by atoms with Gasteiger partial charge in [-0.15, -0.1) is 12.4 Å². The molecule has 0 saturated carbocycles. The highest BCUT2D eigenvalue weighted by Gasteiger charge is 2.25. The van der Waals surface area contributed by atoms with Gasteiger partial charge in [0.2, 0.25) is 0 Å². The van der Waals surface area contributed by atoms with Crippen LogP contribution in [0.2, 0.25) is 0 Å². The lowest BCUT2D eigenvalue weighted by Gasteiger charge is -2.32. The number of amides is 1. The zero-order valence-corrected chi connectivity index (χ0v) is 12.5. The Kier molecular flexibility index (Phi) is 6.84. The minimum Gasteiger partial charge on any atom is -0.434 e. The number of carbonyl (C=O) groups excluding carboxylic acids is 1. The van der Waals surface area contributed by atoms with Gasteiger partial charge in [-0.1, -0.05) is 12.1 Å². The van der Waals surface area contributed by atoms with E-state index in [2.05, 4.69) is 10.1 Å². The number of hydrogen-bond acceptors (Lipinski definition) is 3. The van der Waals surface area contributed by atoms with Crippen molar-refractivity contribution in [2.75, 3.05) is 20.1 Å². The predicted molar refractivity (Wildman–Crippen MR) is 78.3 cm³/mol. The molecule has 1 aromatic carbocycles. The van der Waals surface area contributed by atoms with Crippen molar-refractivity contribution >= 4 is 18.3 Å². The molecule has 2 rings (SSSR count). The maximum absolute atomic E-state index is 12.4. The van der Waals surface area contributed by atoms with Gasteiger partial charge in [-0.3, -0.25) is 4.79 Å². The molecule has 7 heteroatoms. The second kappa shape index (κ2) is 8.14. The maximum atomic E-state index is 12.4. The van der Waals surface area contributed by atoms with Crippen LogP contribution >= 0.6 is 12.4 Å². The molecule has 4 nitrogen and oxygen atoms in total. The highest BCUT2D eigenvalue weighted by Crippen LogP contribution is 2.23. The Balaban J connectivity index is 0.00000220. The second-order valence-electron chi connectivity index (χ2n) is 4.73. The van der Waals surface area contributed by atoms with Crippen LogP contribution in [0.4, 0.5) is 8.78 Å². The number of hydrogen-bond donors (Lipinski definition) is 1. The summed E-state index contributed by atoms with van der Waals surface area (Å²) < 4.78 is 29.1. The number of para-hydroxylation sites is 1. The molecule has 1 saturated heterocycles. The lowest BCUT2D eigenvalue weighted by Crippen LogP contribution is -2.44. The summed E-state index contributed by atoms with van der Waals surface area (Å²) in [5.74, 6) is -0.320. The van der Waals surface area contributed by atoms with Crippen LogP contribution in [0.3, 0.4) is 0 Å². The van der Waals surface area contributed by atoms with Crippen LogP contribution < -0.4 is 10.1 Å². The van der Waals surface area contributed by atoms with Crippen molar-refractivity contribution in [1.29, 1.82) is 0 Å². The molecule has 1 aromatic rings. The molecule has 0 aromatic heterocycles. The Labute approximate surface area is 128 Å². The number of ether oxygens (including phenoxy) is 1. The molecule has 21 heavy (non-hydrogen) atoms. The molecule has 0 spiro atoms. The molecule has 1 amide bonds. The van der Waals surface area contributed by atoms with Crippen LogP contribution in [-0.4, -0.2) is 43.6 Å². The second-order valence-corrected chi connectivity index (χ2v) is 4.73. The fourth-order valence-electron chi connectivity index (χ4n) is 2.38. The van der Waals surface area contributed by atoms with Crippen molar-refractivity contribution in [3.05, 3.63) is 29.8 Å². The van der Waals surface area contributed by atoms with Crippen LogP contribution in [0.1, 0.15) is 23.2 Å². The van der Waals surface area contributed by atoms with Crippen LogP contribution in [0.25, 0.3) is 0 Å². The fourth-order valence-corrected chi connectivity index (χ4v) is 2.38. The Morgan fingerprint density at radius 3 is 2.52 bits per heavy atom. The van der Waals surface area contributed by atoms with E-state index in [1.54, 1.807) is 17.0 Å². The Morgan fingerprint density at radius 2 is 1.95 bits per heavy atom. The topological polar surface area (TPSA) is 41.6 Å². The van der Waals surface area contributed by atoms with Crippen LogP contribution in [-0.2, 0) is 0 Å². The van der Waals surface area contributed by atoms with Crippen molar-refractivity contribution in [2.45, 2.75) is 25.5 Å². The van der Waals surface area contributed by atoms with Gasteiger partial charge in [0.25, 0.3) is 5.91 Å². The molecule has 1 fully saturated rings. The van der Waals surface area contributed by atoms with E-state index in [-0.39, 0.29) is 29.6 Å². The standard InChI is InChI=1S/C14H18F2N2O2.ClH/c1-17-10-6-8-18(9-7-10)13(19)11-4-2-3-5-12(11)20-14(15)16;/h2-5,10,14,17H,6-9H2,1H3;1H. The van der Waals surface area contributed by atoms with E-state index in [1.807, 2.05) is 7.05 Å². The molecule has 0 radical (unpaired) electrons. The molecule has 0 bridgehead atoms. The quantitative estimate of drug-likeness (QED) is 0.927. The van der Waals surface area contributed by atoms with Gasteiger partial charge in [-0.2, -0.15) is 8.78 Å². The summed E-state index contributed by atoms with van der Waals surface area (Å²) in [5.41, 5.74) is 0.190. The Hall–Kier alpha value is -1.40. The van der Waals surface area contributed by atoms with Gasteiger partial charge in [0.05, 0.1) is 5.56 Å². The van der Waals surface area contributed by atoms with Crippen LogP contribution in [0, 0.1) is 0 Å². The van der Waals surface area contributed by atoms with E-state index in [1.165, 1.54) is 12.1 Å². The summed E-state index contributed by atoms with van der Waals surface area (Å²) in [6.07, 6.45) is 1.72. The van der Waals surface area contributed by atoms with Gasteiger partial charge < -0.3 is 15.0 Å². The minimum atomic E-state index is -2.93. The molecule has 1 N–H and O–H groups in total. The number of likely N-dealkylation sites (tertiary alicyclic amines) is 1. The van der Waals surface area contributed by atoms with E-state index < -0.39 is 6.61 Å². The molecule has 1 aliphatic heterocycles. The summed E-state index contributed by atoms with van der Waals surface area (Å²) in [6.45, 7) is -1.69. The van der Waals surface area contributed by atoms with Crippen molar-refractivity contribution in [3.63, 3.8) is 0 Å². The van der Waals surface area contributed by atoms with Crippen LogP contribution in [0.15, 0.2) is 24.3 Å². The minimum absolute atomic E-state index is 0. The summed E-state index contributed by atoms with van der Waals surface area (Å²) in [6, 6.07) is 6.53. The van der Waals surface area contributed by atoms with Crippen molar-refractivity contribution in [1.82, 2.24) is 10.2 Å². The molecular formula is C14H19ClF2N2O2. The van der Waals surface area contributed by atoms with Crippen molar-refractivity contribution in [3.8, 4) is 5.75 Å². The van der Waals surface area contributed by atoms with Gasteiger partial charge in [0.15, 0.2) is 0 Å². The average molecular weight is 321 g/mol. The SMILES string of the molecule is CNC1CCN(C(=O)c2ccccc2OC(F)F)CC1.Cl. The van der Waals surface area contributed by atoms with Crippen molar-refractivity contribution < 1.29 is 18.3 Å². The molecule has 1 heterocycles. The fraction of sp³-hybridized carbons (Fsp3) is 0.500. The van der Waals surface area contributed by atoms with Gasteiger partial charge in [-0.05, 0) is 32.0 Å². The number of alkyl halides is 2. The highest BCUT2D eigenvalue weighted by atomic mass is 35.5. The number of rotatable bonds is 4. The third-order valence-electron chi connectivity index (χ3n) is 3.52. The predicted octanol–water partition coefficient (Wildman–Crippen LogP) is 2.53. The van der Waals surface area contributed by atoms with E-state index in [0.29, 0.717) is 19.1 Å². The first-order chi connectivity index (χ1) is 9.61. The summed E-state index contributed by atoms with van der Waals surface area (Å²) in [7, 11) is 1.90. The highest BCUT2D eigenvalue weighted by molar-refractivity contribution is 5.97. The zero-order valence-electron chi connectivity index (χ0n) is 11.7. The summed E-state index contributed by atoms with van der Waals surface area (Å²) in [5, 5.41) is 3.18. The Bertz CT molecular complexity index is 466. The number of nitrogens with zero attached hydrogens (tertiary/aromatic N) is 1. The van der Waals surface area contributed by atoms with Gasteiger partial charge in [0, 0.05) is 19.1 Å². The van der Waals surface area contributed by atoms with Gasteiger partial charge in [0.1, 0.15) is 5.75 Å². The number of halogens is 3. The molecule has 118 valence electrons. The summed E-state index contributed by atoms with van der Waals surface area (Å²) in [4.78, 5) is 14.1. The Morgan fingerprint density at radius 1 is 1.33 bits per heavy atom. The monoisotopic (exact) mass is 320 g/mol. The number of carbonyl (C=O) groups is 1. The largest absolute Gasteiger partial charge is 0.434 e. The lowest BCUT2D eigenvalue weighted by molar-refractivity contribution is -0.0503. The van der Waals surface area contributed by atoms with E-state index in [9.17, 15) is 13.6 Å². The first-order valence-electron chi connectivity index (χ1n) is 6.62. The number of piperidine rings is 1. The number of benzene rings is 1. The lowest BCUT2D eigenvalue weighted by atomic mass is 10.0. The third-order valence-corrected chi connectivity index (χ3v) is 3.52. The molecule has 0 aliphatic carbocycles.